The van der Waals surface area contributed by atoms with Gasteiger partial charge in [0.25, 0.3) is 0 Å². The van der Waals surface area contributed by atoms with Crippen molar-refractivity contribution in [1.29, 1.82) is 0 Å². The van der Waals surface area contributed by atoms with Crippen molar-refractivity contribution in [3.63, 3.8) is 0 Å². The molecule has 1 rings (SSSR count). The molecule has 0 radical (unpaired) electrons. The summed E-state index contributed by atoms with van der Waals surface area (Å²) < 4.78 is 0. The summed E-state index contributed by atoms with van der Waals surface area (Å²) in [5.41, 5.74) is 2.28. The van der Waals surface area contributed by atoms with Gasteiger partial charge in [-0.05, 0) is 26.8 Å². The number of nitrogens with one attached hydrogen (secondary N) is 1. The lowest BCUT2D eigenvalue weighted by Crippen LogP contribution is -2.07. The second kappa shape index (κ2) is 4.34. The number of hydrogen-bond donors (Lipinski definition) is 1. The van der Waals surface area contributed by atoms with E-state index in [1.54, 1.807) is 0 Å². The first-order chi connectivity index (χ1) is 6.09. The van der Waals surface area contributed by atoms with Crippen molar-refractivity contribution in [3.05, 3.63) is 42.1 Å². The highest BCUT2D eigenvalue weighted by Crippen LogP contribution is 2.15. The molecule has 1 N–H and O–H groups in total. The average Bonchev–Trinajstić information content (AvgIpc) is 2.04. The van der Waals surface area contributed by atoms with Gasteiger partial charge < -0.3 is 5.09 Å². The molecular weight excluding hydrogens is 177 g/mol. The third-order valence-electron chi connectivity index (χ3n) is 1.76. The van der Waals surface area contributed by atoms with E-state index in [-0.39, 0.29) is 0 Å². The Bertz CT molecular complexity index is 324. The molecule has 0 amide bonds. The van der Waals surface area contributed by atoms with E-state index in [0.29, 0.717) is 0 Å². The number of benzene rings is 1. The van der Waals surface area contributed by atoms with Crippen molar-refractivity contribution >= 4 is 19.3 Å². The van der Waals surface area contributed by atoms with Crippen molar-refractivity contribution < 1.29 is 0 Å². The fraction of sp³-hybridized carbons (Fsp3) is 0.182. The minimum Gasteiger partial charge on any atom is -0.369 e. The summed E-state index contributed by atoms with van der Waals surface area (Å²) in [6, 6.07) is 8.50. The normalized spacial score (nSPS) is 12.2. The van der Waals surface area contributed by atoms with Crippen molar-refractivity contribution in [2.45, 2.75) is 13.8 Å². The van der Waals surface area contributed by atoms with Crippen LogP contribution < -0.4 is 10.4 Å². The average molecular weight is 193 g/mol. The molecule has 1 unspecified atom stereocenters. The molecule has 0 fully saturated rings. The first kappa shape index (κ1) is 10.1. The lowest BCUT2D eigenvalue weighted by molar-refractivity contribution is 1.21. The van der Waals surface area contributed by atoms with Crippen molar-refractivity contribution in [3.8, 4) is 0 Å². The minimum absolute atomic E-state index is 0.883. The van der Waals surface area contributed by atoms with Crippen LogP contribution in [0.5, 0.6) is 0 Å². The second-order valence-corrected chi connectivity index (χ2v) is 5.03. The third-order valence-corrected chi connectivity index (χ3v) is 3.52. The predicted octanol–water partition coefficient (Wildman–Crippen LogP) is 2.30. The second-order valence-electron chi connectivity index (χ2n) is 3.25. The molecule has 0 aliphatic carbocycles. The molecule has 0 aromatic heterocycles. The number of aryl methyl sites for hydroxylation is 1. The third kappa shape index (κ3) is 3.12. The van der Waals surface area contributed by atoms with Gasteiger partial charge in [-0.2, -0.15) is 0 Å². The van der Waals surface area contributed by atoms with E-state index < -0.39 is 7.70 Å². The van der Waals surface area contributed by atoms with E-state index in [0.717, 1.165) is 5.70 Å². The van der Waals surface area contributed by atoms with Crippen LogP contribution in [0.1, 0.15) is 12.5 Å². The van der Waals surface area contributed by atoms with Gasteiger partial charge in [-0.1, -0.05) is 42.7 Å². The zero-order valence-corrected chi connectivity index (χ0v) is 9.22. The molecule has 1 aromatic carbocycles. The monoisotopic (exact) mass is 193 g/mol. The molecule has 1 nitrogen and oxygen atoms in total. The van der Waals surface area contributed by atoms with Crippen molar-refractivity contribution in [1.82, 2.24) is 5.09 Å². The zero-order valence-electron chi connectivity index (χ0n) is 8.22. The summed E-state index contributed by atoms with van der Waals surface area (Å²) in [4.78, 5) is 0. The smallest absolute Gasteiger partial charge is 0.00343 e. The fourth-order valence-corrected chi connectivity index (χ4v) is 2.31. The molecule has 13 heavy (non-hydrogen) atoms. The molecule has 70 valence electrons. The molecule has 0 heterocycles. The number of allylic oxidation sites excluding steroid dienone is 1. The lowest BCUT2D eigenvalue weighted by atomic mass is 10.2. The standard InChI is InChI=1S/C11H16NP/c1-9(2)12-13(4)11-7-5-10(3)6-8-11/h5-8,12-13H,1,4H2,2-3H3. The largest absolute Gasteiger partial charge is 0.369 e. The molecule has 0 aliphatic heterocycles. The Kier molecular flexibility index (Phi) is 3.39. The Hall–Kier alpha value is -0.940. The van der Waals surface area contributed by atoms with Crippen LogP contribution in [0.25, 0.3) is 0 Å². The fourth-order valence-electron chi connectivity index (χ4n) is 1.08. The SMILES string of the molecule is C=C(C)N[PH](=C)c1ccc(C)cc1. The van der Waals surface area contributed by atoms with Crippen molar-refractivity contribution in [2.75, 3.05) is 0 Å². The number of hydrogen-bond acceptors (Lipinski definition) is 1. The quantitative estimate of drug-likeness (QED) is 0.726. The molecule has 1 aromatic rings. The Balaban J connectivity index is 2.78. The van der Waals surface area contributed by atoms with Gasteiger partial charge in [0, 0.05) is 5.70 Å². The summed E-state index contributed by atoms with van der Waals surface area (Å²) in [7, 11) is -0.883. The summed E-state index contributed by atoms with van der Waals surface area (Å²) in [6.45, 7) is 7.86. The van der Waals surface area contributed by atoms with E-state index in [1.807, 2.05) is 6.92 Å². The van der Waals surface area contributed by atoms with Crippen LogP contribution in [0.15, 0.2) is 36.5 Å². The summed E-state index contributed by atoms with van der Waals surface area (Å²) in [5, 5.41) is 4.57. The van der Waals surface area contributed by atoms with Crippen LogP contribution in [0.4, 0.5) is 0 Å². The van der Waals surface area contributed by atoms with Gasteiger partial charge in [0.1, 0.15) is 0 Å². The molecule has 2 heteroatoms. The first-order valence-electron chi connectivity index (χ1n) is 4.28. The van der Waals surface area contributed by atoms with Gasteiger partial charge in [0.05, 0.1) is 0 Å². The molecule has 0 spiro atoms. The maximum Gasteiger partial charge on any atom is 0.00343 e. The van der Waals surface area contributed by atoms with Gasteiger partial charge in [-0.3, -0.25) is 0 Å². The maximum atomic E-state index is 4.11. The van der Waals surface area contributed by atoms with E-state index >= 15 is 0 Å². The van der Waals surface area contributed by atoms with Crippen LogP contribution in [-0.4, -0.2) is 6.30 Å². The minimum atomic E-state index is -0.883. The van der Waals surface area contributed by atoms with Crippen molar-refractivity contribution in [2.24, 2.45) is 0 Å². The van der Waals surface area contributed by atoms with E-state index in [9.17, 15) is 0 Å². The zero-order chi connectivity index (χ0) is 9.84. The summed E-state index contributed by atoms with van der Waals surface area (Å²) >= 11 is 0. The van der Waals surface area contributed by atoms with Crippen LogP contribution in [0.3, 0.4) is 0 Å². The van der Waals surface area contributed by atoms with E-state index in [2.05, 4.69) is 49.2 Å². The highest BCUT2D eigenvalue weighted by atomic mass is 31.1. The number of rotatable bonds is 3. The van der Waals surface area contributed by atoms with Crippen LogP contribution >= 0.6 is 7.70 Å². The van der Waals surface area contributed by atoms with Gasteiger partial charge in [0.15, 0.2) is 0 Å². The van der Waals surface area contributed by atoms with Crippen LogP contribution in [-0.2, 0) is 0 Å². The molecule has 1 atom stereocenters. The Morgan fingerprint density at radius 1 is 1.31 bits per heavy atom. The van der Waals surface area contributed by atoms with Crippen LogP contribution in [0.2, 0.25) is 0 Å². The summed E-state index contributed by atoms with van der Waals surface area (Å²) in [5.74, 6) is 0. The van der Waals surface area contributed by atoms with E-state index in [4.69, 9.17) is 0 Å². The highest BCUT2D eigenvalue weighted by Gasteiger charge is 1.94. The Morgan fingerprint density at radius 2 is 1.85 bits per heavy atom. The molecule has 0 bridgehead atoms. The van der Waals surface area contributed by atoms with Gasteiger partial charge in [0.2, 0.25) is 0 Å². The molecular formula is C11H16NP. The lowest BCUT2D eigenvalue weighted by Gasteiger charge is -2.10. The van der Waals surface area contributed by atoms with Gasteiger partial charge in [-0.15, -0.1) is 0 Å². The Labute approximate surface area is 80.9 Å². The topological polar surface area (TPSA) is 12.0 Å². The molecule has 0 saturated carbocycles. The Morgan fingerprint density at radius 3 is 2.31 bits per heavy atom. The summed E-state index contributed by atoms with van der Waals surface area (Å²) in [6.07, 6.45) is 4.11. The maximum absolute atomic E-state index is 4.11. The van der Waals surface area contributed by atoms with Gasteiger partial charge in [-0.25, -0.2) is 0 Å². The highest BCUT2D eigenvalue weighted by molar-refractivity contribution is 7.61. The molecule has 0 aliphatic rings. The predicted molar refractivity (Wildman–Crippen MR) is 64.2 cm³/mol. The van der Waals surface area contributed by atoms with Crippen LogP contribution in [0, 0.1) is 6.92 Å². The molecule has 0 saturated heterocycles. The van der Waals surface area contributed by atoms with Gasteiger partial charge >= 0.3 is 0 Å². The first-order valence-corrected chi connectivity index (χ1v) is 5.99. The van der Waals surface area contributed by atoms with E-state index in [1.165, 1.54) is 10.9 Å².